The number of carbonyl (C=O) groups is 2. The minimum Gasteiger partial charge on any atom is -0.366 e. The minimum absolute atomic E-state index is 0.117. The molecule has 3 N–H and O–H groups in total. The number of benzene rings is 1. The molecule has 1 fully saturated rings. The molecule has 2 rings (SSSR count). The van der Waals surface area contributed by atoms with E-state index in [9.17, 15) is 9.59 Å². The second-order valence-electron chi connectivity index (χ2n) is 5.17. The maximum absolute atomic E-state index is 12.1. The summed E-state index contributed by atoms with van der Waals surface area (Å²) < 4.78 is 0. The molecule has 1 aromatic rings. The summed E-state index contributed by atoms with van der Waals surface area (Å²) in [7, 11) is 0. The number of rotatable bonds is 5. The molecule has 1 aliphatic rings. The topological polar surface area (TPSA) is 78.7 Å². The summed E-state index contributed by atoms with van der Waals surface area (Å²) in [5.41, 5.74) is 6.11. The third kappa shape index (κ3) is 4.27. The smallest absolute Gasteiger partial charge is 0.250 e. The molecule has 2 amide bonds. The van der Waals surface area contributed by atoms with Crippen LogP contribution in [0.5, 0.6) is 0 Å². The van der Waals surface area contributed by atoms with E-state index in [0.29, 0.717) is 17.8 Å². The van der Waals surface area contributed by atoms with Gasteiger partial charge in [-0.1, -0.05) is 19.1 Å². The van der Waals surface area contributed by atoms with Gasteiger partial charge in [0.05, 0.1) is 17.8 Å². The molecule has 0 radical (unpaired) electrons. The van der Waals surface area contributed by atoms with Gasteiger partial charge in [0.2, 0.25) is 5.91 Å². The van der Waals surface area contributed by atoms with Crippen molar-refractivity contribution in [2.24, 2.45) is 5.73 Å². The quantitative estimate of drug-likeness (QED) is 0.821. The standard InChI is InChI=1S/C15H22N4O2/c1-2-18-7-9-19(10-8-18)11-14(20)17-13-6-4-3-5-12(13)15(16)21/h3-6H,2,7-11H2,1H3,(H2,16,21)(H,17,20). The van der Waals surface area contributed by atoms with Gasteiger partial charge in [0.15, 0.2) is 0 Å². The third-order valence-electron chi connectivity index (χ3n) is 3.75. The Balaban J connectivity index is 1.89. The number of hydrogen-bond donors (Lipinski definition) is 2. The molecule has 6 nitrogen and oxygen atoms in total. The van der Waals surface area contributed by atoms with Crippen LogP contribution < -0.4 is 11.1 Å². The lowest BCUT2D eigenvalue weighted by molar-refractivity contribution is -0.117. The number of amides is 2. The zero-order valence-electron chi connectivity index (χ0n) is 12.3. The molecule has 0 aliphatic carbocycles. The second-order valence-corrected chi connectivity index (χ2v) is 5.17. The van der Waals surface area contributed by atoms with Crippen LogP contribution in [0.4, 0.5) is 5.69 Å². The van der Waals surface area contributed by atoms with Crippen LogP contribution in [0.15, 0.2) is 24.3 Å². The van der Waals surface area contributed by atoms with E-state index in [4.69, 9.17) is 5.73 Å². The number of hydrogen-bond acceptors (Lipinski definition) is 4. The highest BCUT2D eigenvalue weighted by Gasteiger charge is 2.18. The Bertz CT molecular complexity index is 510. The fourth-order valence-corrected chi connectivity index (χ4v) is 2.46. The summed E-state index contributed by atoms with van der Waals surface area (Å²) in [5, 5.41) is 2.77. The predicted octanol–water partition coefficient (Wildman–Crippen LogP) is 0.362. The summed E-state index contributed by atoms with van der Waals surface area (Å²) >= 11 is 0. The summed E-state index contributed by atoms with van der Waals surface area (Å²) in [6.07, 6.45) is 0. The Kier molecular flexibility index (Phi) is 5.30. The van der Waals surface area contributed by atoms with Crippen molar-refractivity contribution in [3.63, 3.8) is 0 Å². The average Bonchev–Trinajstić information content (AvgIpc) is 2.48. The minimum atomic E-state index is -0.539. The largest absolute Gasteiger partial charge is 0.366 e. The van der Waals surface area contributed by atoms with Crippen LogP contribution in [0, 0.1) is 0 Å². The molecule has 0 spiro atoms. The number of anilines is 1. The predicted molar refractivity (Wildman–Crippen MR) is 82.1 cm³/mol. The van der Waals surface area contributed by atoms with E-state index in [1.165, 1.54) is 0 Å². The molecule has 0 aromatic heterocycles. The Morgan fingerprint density at radius 2 is 1.76 bits per heavy atom. The van der Waals surface area contributed by atoms with Gasteiger partial charge >= 0.3 is 0 Å². The van der Waals surface area contributed by atoms with Gasteiger partial charge in [0, 0.05) is 26.2 Å². The number of nitrogens with two attached hydrogens (primary N) is 1. The molecular weight excluding hydrogens is 268 g/mol. The first kappa shape index (κ1) is 15.5. The number of nitrogens with zero attached hydrogens (tertiary/aromatic N) is 2. The van der Waals surface area contributed by atoms with Crippen molar-refractivity contribution in [1.82, 2.24) is 9.80 Å². The summed E-state index contributed by atoms with van der Waals surface area (Å²) in [6.45, 7) is 7.28. The van der Waals surface area contributed by atoms with Gasteiger partial charge in [-0.15, -0.1) is 0 Å². The highest BCUT2D eigenvalue weighted by molar-refractivity contribution is 6.03. The number of carbonyl (C=O) groups excluding carboxylic acids is 2. The Morgan fingerprint density at radius 3 is 2.38 bits per heavy atom. The van der Waals surface area contributed by atoms with E-state index in [2.05, 4.69) is 22.0 Å². The molecule has 1 aromatic carbocycles. The number of primary amides is 1. The SMILES string of the molecule is CCN1CCN(CC(=O)Nc2ccccc2C(N)=O)CC1. The van der Waals surface area contributed by atoms with E-state index in [-0.39, 0.29) is 5.91 Å². The van der Waals surface area contributed by atoms with Crippen molar-refractivity contribution in [3.8, 4) is 0 Å². The molecule has 1 aliphatic heterocycles. The average molecular weight is 290 g/mol. The van der Waals surface area contributed by atoms with Crippen LogP contribution in [0.25, 0.3) is 0 Å². The Hall–Kier alpha value is -1.92. The van der Waals surface area contributed by atoms with Crippen molar-refractivity contribution in [3.05, 3.63) is 29.8 Å². The van der Waals surface area contributed by atoms with Crippen LogP contribution in [0.2, 0.25) is 0 Å². The second kappa shape index (κ2) is 7.19. The fraction of sp³-hybridized carbons (Fsp3) is 0.467. The molecule has 1 heterocycles. The van der Waals surface area contributed by atoms with Crippen LogP contribution in [0.3, 0.4) is 0 Å². The molecule has 0 atom stereocenters. The zero-order valence-corrected chi connectivity index (χ0v) is 12.3. The normalized spacial score (nSPS) is 16.6. The van der Waals surface area contributed by atoms with Gasteiger partial charge in [0.25, 0.3) is 5.91 Å². The third-order valence-corrected chi connectivity index (χ3v) is 3.75. The van der Waals surface area contributed by atoms with Gasteiger partial charge in [-0.25, -0.2) is 0 Å². The van der Waals surface area contributed by atoms with Gasteiger partial charge in [-0.2, -0.15) is 0 Å². The van der Waals surface area contributed by atoms with E-state index < -0.39 is 5.91 Å². The maximum Gasteiger partial charge on any atom is 0.250 e. The van der Waals surface area contributed by atoms with Crippen LogP contribution in [0.1, 0.15) is 17.3 Å². The van der Waals surface area contributed by atoms with E-state index in [1.807, 2.05) is 0 Å². The summed E-state index contributed by atoms with van der Waals surface area (Å²) in [5.74, 6) is -0.656. The van der Waals surface area contributed by atoms with E-state index in [0.717, 1.165) is 32.7 Å². The van der Waals surface area contributed by atoms with Gasteiger partial charge < -0.3 is 16.0 Å². The van der Waals surface area contributed by atoms with Crippen molar-refractivity contribution in [2.75, 3.05) is 44.6 Å². The number of likely N-dealkylation sites (N-methyl/N-ethyl adjacent to an activating group) is 1. The van der Waals surface area contributed by atoms with Crippen LogP contribution in [-0.2, 0) is 4.79 Å². The number of piperazine rings is 1. The first-order valence-corrected chi connectivity index (χ1v) is 7.23. The van der Waals surface area contributed by atoms with Crippen LogP contribution in [-0.4, -0.2) is 60.9 Å². The highest BCUT2D eigenvalue weighted by atomic mass is 16.2. The highest BCUT2D eigenvalue weighted by Crippen LogP contribution is 2.14. The first-order chi connectivity index (χ1) is 10.1. The zero-order chi connectivity index (χ0) is 15.2. The summed E-state index contributed by atoms with van der Waals surface area (Å²) in [4.78, 5) is 27.9. The molecule has 0 bridgehead atoms. The van der Waals surface area contributed by atoms with Gasteiger partial charge in [-0.3, -0.25) is 14.5 Å². The first-order valence-electron chi connectivity index (χ1n) is 7.23. The molecule has 0 unspecified atom stereocenters. The lowest BCUT2D eigenvalue weighted by Gasteiger charge is -2.33. The maximum atomic E-state index is 12.1. The summed E-state index contributed by atoms with van der Waals surface area (Å²) in [6, 6.07) is 6.78. The van der Waals surface area contributed by atoms with E-state index >= 15 is 0 Å². The lowest BCUT2D eigenvalue weighted by Crippen LogP contribution is -2.48. The number of nitrogens with one attached hydrogen (secondary N) is 1. The number of para-hydroxylation sites is 1. The Labute approximate surface area is 124 Å². The molecule has 0 saturated carbocycles. The molecule has 21 heavy (non-hydrogen) atoms. The molecule has 1 saturated heterocycles. The van der Waals surface area contributed by atoms with Crippen LogP contribution >= 0.6 is 0 Å². The molecule has 6 heteroatoms. The van der Waals surface area contributed by atoms with Gasteiger partial charge in [-0.05, 0) is 18.7 Å². The van der Waals surface area contributed by atoms with Crippen molar-refractivity contribution in [2.45, 2.75) is 6.92 Å². The monoisotopic (exact) mass is 290 g/mol. The van der Waals surface area contributed by atoms with Crippen molar-refractivity contribution in [1.29, 1.82) is 0 Å². The lowest BCUT2D eigenvalue weighted by atomic mass is 10.1. The fourth-order valence-electron chi connectivity index (χ4n) is 2.46. The van der Waals surface area contributed by atoms with Gasteiger partial charge in [0.1, 0.15) is 0 Å². The molecular formula is C15H22N4O2. The van der Waals surface area contributed by atoms with E-state index in [1.54, 1.807) is 24.3 Å². The molecule has 114 valence electrons. The van der Waals surface area contributed by atoms with Crippen molar-refractivity contribution < 1.29 is 9.59 Å². The Morgan fingerprint density at radius 1 is 1.14 bits per heavy atom. The van der Waals surface area contributed by atoms with Crippen molar-refractivity contribution >= 4 is 17.5 Å².